The Morgan fingerprint density at radius 3 is 1.80 bits per heavy atom. The van der Waals surface area contributed by atoms with Crippen molar-refractivity contribution in [2.45, 2.75) is 0 Å². The highest BCUT2D eigenvalue weighted by Gasteiger charge is 2.08. The Morgan fingerprint density at radius 2 is 1.80 bits per heavy atom. The summed E-state index contributed by atoms with van der Waals surface area (Å²) in [6.45, 7) is -0.375. The highest BCUT2D eigenvalue weighted by molar-refractivity contribution is 5.65. The Labute approximate surface area is 58.0 Å². The van der Waals surface area contributed by atoms with E-state index in [4.69, 9.17) is 15.7 Å². The molecule has 0 rings (SSSR count). The molecular weight excluding hydrogens is 142 g/mol. The average Bonchev–Trinajstić information content (AvgIpc) is 1.64. The number of carboxylic acid groups (broad SMARTS) is 1. The summed E-state index contributed by atoms with van der Waals surface area (Å²) in [4.78, 5) is 9.73. The molecule has 0 aliphatic rings. The van der Waals surface area contributed by atoms with Crippen LogP contribution in [0.4, 0.5) is 0 Å². The van der Waals surface area contributed by atoms with Crippen LogP contribution in [0.2, 0.25) is 0 Å². The monoisotopic (exact) mass is 153 g/mol. The van der Waals surface area contributed by atoms with E-state index in [0.717, 1.165) is 0 Å². The number of carboxylic acids is 1. The summed E-state index contributed by atoms with van der Waals surface area (Å²) in [6, 6.07) is 0. The maximum Gasteiger partial charge on any atom is 0.148 e. The molecule has 0 heterocycles. The summed E-state index contributed by atoms with van der Waals surface area (Å²) in [7, 11) is 2.71. The Bertz CT molecular complexity index is 96.3. The lowest BCUT2D eigenvalue weighted by molar-refractivity contribution is -1.07. The number of hydrogen-bond acceptors (Lipinski definition) is 5. The van der Waals surface area contributed by atoms with Crippen LogP contribution in [0.3, 0.4) is 0 Å². The molecule has 0 aromatic carbocycles. The maximum atomic E-state index is 9.73. The van der Waals surface area contributed by atoms with E-state index in [0.29, 0.717) is 0 Å². The minimum absolute atomic E-state index is 0.375. The summed E-state index contributed by atoms with van der Waals surface area (Å²) >= 11 is 0. The van der Waals surface area contributed by atoms with Crippen molar-refractivity contribution in [3.8, 4) is 0 Å². The van der Waals surface area contributed by atoms with E-state index >= 15 is 0 Å². The van der Waals surface area contributed by atoms with E-state index in [2.05, 4.69) is 0 Å². The molecule has 6 heteroatoms. The number of hydrogen-bond donors (Lipinski definition) is 3. The SMILES string of the molecule is C[N+](C)(O)CC(=O)[O-].OO. The van der Waals surface area contributed by atoms with Crippen LogP contribution in [0.5, 0.6) is 0 Å². The molecule has 10 heavy (non-hydrogen) atoms. The van der Waals surface area contributed by atoms with Gasteiger partial charge in [-0.05, 0) is 0 Å². The van der Waals surface area contributed by atoms with Gasteiger partial charge in [0.2, 0.25) is 0 Å². The van der Waals surface area contributed by atoms with E-state index in [1.54, 1.807) is 0 Å². The molecule has 0 aliphatic heterocycles. The van der Waals surface area contributed by atoms with E-state index in [-0.39, 0.29) is 6.54 Å². The minimum Gasteiger partial charge on any atom is -0.544 e. The zero-order valence-electron chi connectivity index (χ0n) is 5.81. The summed E-state index contributed by atoms with van der Waals surface area (Å²) in [5, 5.41) is 30.4. The number of rotatable bonds is 2. The quantitative estimate of drug-likeness (QED) is 0.247. The molecule has 0 unspecified atom stereocenters. The topological polar surface area (TPSA) is 101 Å². The van der Waals surface area contributed by atoms with Crippen molar-refractivity contribution in [2.24, 2.45) is 0 Å². The number of carbonyl (C=O) groups is 1. The van der Waals surface area contributed by atoms with Crippen LogP contribution >= 0.6 is 0 Å². The molecule has 62 valence electrons. The van der Waals surface area contributed by atoms with E-state index in [9.17, 15) is 9.90 Å². The number of likely N-dealkylation sites (N-methyl/N-ethyl adjacent to an activating group) is 1. The summed E-state index contributed by atoms with van der Waals surface area (Å²) in [5.74, 6) is -1.25. The van der Waals surface area contributed by atoms with Crippen LogP contribution in [0.1, 0.15) is 0 Å². The third-order valence-corrected chi connectivity index (χ3v) is 0.516. The van der Waals surface area contributed by atoms with Gasteiger partial charge in [-0.25, -0.2) is 5.21 Å². The van der Waals surface area contributed by atoms with Gasteiger partial charge in [0.25, 0.3) is 0 Å². The van der Waals surface area contributed by atoms with Gasteiger partial charge < -0.3 is 9.90 Å². The van der Waals surface area contributed by atoms with Gasteiger partial charge in [-0.2, -0.15) is 4.65 Å². The third-order valence-electron chi connectivity index (χ3n) is 0.516. The van der Waals surface area contributed by atoms with E-state index in [1.807, 2.05) is 0 Å². The van der Waals surface area contributed by atoms with Gasteiger partial charge in [0.05, 0.1) is 20.1 Å². The number of hydroxylamine groups is 3. The smallest absolute Gasteiger partial charge is 0.148 e. The zero-order valence-corrected chi connectivity index (χ0v) is 5.81. The van der Waals surface area contributed by atoms with Gasteiger partial charge in [0.15, 0.2) is 0 Å². The molecular formula is C4H11NO5. The molecule has 0 aromatic rings. The van der Waals surface area contributed by atoms with Gasteiger partial charge in [-0.1, -0.05) is 0 Å². The fourth-order valence-corrected chi connectivity index (χ4v) is 0.316. The first-order valence-electron chi connectivity index (χ1n) is 2.37. The normalized spacial score (nSPS) is 9.70. The molecule has 0 aromatic heterocycles. The van der Waals surface area contributed by atoms with Crippen LogP contribution in [0.25, 0.3) is 0 Å². The Kier molecular flexibility index (Phi) is 6.16. The number of nitrogens with zero attached hydrogens (tertiary/aromatic N) is 1. The molecule has 0 saturated heterocycles. The average molecular weight is 153 g/mol. The molecule has 0 amide bonds. The molecule has 0 bridgehead atoms. The van der Waals surface area contributed by atoms with Crippen LogP contribution < -0.4 is 5.11 Å². The molecule has 0 saturated carbocycles. The van der Waals surface area contributed by atoms with Gasteiger partial charge >= 0.3 is 0 Å². The zero-order chi connectivity index (χ0) is 8.78. The Balaban J connectivity index is 0. The molecule has 0 radical (unpaired) electrons. The third kappa shape index (κ3) is 15.7. The Hall–Kier alpha value is -0.690. The highest BCUT2D eigenvalue weighted by atomic mass is 17.0. The predicted molar refractivity (Wildman–Crippen MR) is 29.0 cm³/mol. The van der Waals surface area contributed by atoms with Gasteiger partial charge in [0, 0.05) is 0 Å². The highest BCUT2D eigenvalue weighted by Crippen LogP contribution is 1.84. The first-order chi connectivity index (χ1) is 4.42. The first-order valence-corrected chi connectivity index (χ1v) is 2.37. The van der Waals surface area contributed by atoms with Crippen molar-refractivity contribution in [3.05, 3.63) is 0 Å². The van der Waals surface area contributed by atoms with Crippen molar-refractivity contribution < 1.29 is 30.3 Å². The van der Waals surface area contributed by atoms with Crippen molar-refractivity contribution in [2.75, 3.05) is 20.6 Å². The molecule has 6 nitrogen and oxygen atoms in total. The fraction of sp³-hybridized carbons (Fsp3) is 0.750. The first kappa shape index (κ1) is 12.0. The molecule has 0 aliphatic carbocycles. The second kappa shape index (κ2) is 5.12. The fourth-order valence-electron chi connectivity index (χ4n) is 0.316. The molecule has 3 N–H and O–H groups in total. The molecule has 0 spiro atoms. The predicted octanol–water partition coefficient (Wildman–Crippen LogP) is -1.78. The Morgan fingerprint density at radius 1 is 1.50 bits per heavy atom. The van der Waals surface area contributed by atoms with Gasteiger partial charge in [-0.15, -0.1) is 0 Å². The van der Waals surface area contributed by atoms with Crippen LogP contribution in [-0.2, 0) is 4.79 Å². The standard InChI is InChI=1S/C4H9NO3.H2O2/c1-5(2,8)3-4(6)7;1-2/h8H,3H2,1-2H3;1-2H. The number of quaternary nitrogens is 1. The van der Waals surface area contributed by atoms with Crippen LogP contribution in [0, 0.1) is 0 Å². The van der Waals surface area contributed by atoms with Gasteiger partial charge in [0.1, 0.15) is 6.54 Å². The van der Waals surface area contributed by atoms with E-state index in [1.165, 1.54) is 14.1 Å². The lowest BCUT2D eigenvalue weighted by Crippen LogP contribution is -2.45. The van der Waals surface area contributed by atoms with Crippen LogP contribution in [0.15, 0.2) is 0 Å². The second-order valence-electron chi connectivity index (χ2n) is 2.15. The van der Waals surface area contributed by atoms with Gasteiger partial charge in [-0.3, -0.25) is 10.5 Å². The second-order valence-corrected chi connectivity index (χ2v) is 2.15. The summed E-state index contributed by atoms with van der Waals surface area (Å²) in [5.41, 5.74) is 0. The van der Waals surface area contributed by atoms with Crippen molar-refractivity contribution in [1.29, 1.82) is 0 Å². The maximum absolute atomic E-state index is 9.73. The van der Waals surface area contributed by atoms with Crippen LogP contribution in [-0.4, -0.2) is 47.0 Å². The van der Waals surface area contributed by atoms with Crippen molar-refractivity contribution >= 4 is 5.97 Å². The largest absolute Gasteiger partial charge is 0.544 e. The lowest BCUT2D eigenvalue weighted by Gasteiger charge is -2.19. The number of carbonyl (C=O) groups excluding carboxylic acids is 1. The van der Waals surface area contributed by atoms with E-state index < -0.39 is 10.6 Å². The molecule has 0 atom stereocenters. The lowest BCUT2D eigenvalue weighted by atomic mass is 10.6. The minimum atomic E-state index is -1.25. The number of aliphatic carboxylic acids is 1. The summed E-state index contributed by atoms with van der Waals surface area (Å²) < 4.78 is -0.581. The van der Waals surface area contributed by atoms with Crippen molar-refractivity contribution in [1.82, 2.24) is 0 Å². The summed E-state index contributed by atoms with van der Waals surface area (Å²) in [6.07, 6.45) is 0. The van der Waals surface area contributed by atoms with Crippen molar-refractivity contribution in [3.63, 3.8) is 0 Å². The molecule has 0 fully saturated rings.